The molecule has 0 bridgehead atoms. The van der Waals surface area contributed by atoms with Gasteiger partial charge >= 0.3 is 5.97 Å². The van der Waals surface area contributed by atoms with Crippen LogP contribution >= 0.6 is 11.6 Å². The van der Waals surface area contributed by atoms with Crippen LogP contribution in [-0.4, -0.2) is 28.0 Å². The maximum atomic E-state index is 12.7. The van der Waals surface area contributed by atoms with Crippen molar-refractivity contribution in [2.75, 3.05) is 0 Å². The first-order chi connectivity index (χ1) is 13.0. The van der Waals surface area contributed by atoms with Crippen molar-refractivity contribution in [2.45, 2.75) is 31.2 Å². The molecule has 1 aliphatic rings. The molecule has 1 amide bonds. The molecule has 0 spiro atoms. The summed E-state index contributed by atoms with van der Waals surface area (Å²) in [6, 6.07) is 15.0. The fourth-order valence-corrected chi connectivity index (χ4v) is 4.12. The van der Waals surface area contributed by atoms with E-state index in [0.717, 1.165) is 22.0 Å². The van der Waals surface area contributed by atoms with E-state index >= 15 is 0 Å². The molecule has 1 aromatic heterocycles. The highest BCUT2D eigenvalue weighted by Crippen LogP contribution is 2.34. The van der Waals surface area contributed by atoms with E-state index in [0.29, 0.717) is 23.6 Å². The highest BCUT2D eigenvalue weighted by atomic mass is 35.5. The molecule has 3 aromatic rings. The molecule has 6 heteroatoms. The number of aliphatic carboxylic acids is 1. The third kappa shape index (κ3) is 3.69. The summed E-state index contributed by atoms with van der Waals surface area (Å²) < 4.78 is 0. The Balaban J connectivity index is 1.54. The number of carboxylic acid groups (broad SMARTS) is 1. The first kappa shape index (κ1) is 17.6. The Morgan fingerprint density at radius 1 is 1.19 bits per heavy atom. The quantitative estimate of drug-likeness (QED) is 0.634. The molecule has 2 atom stereocenters. The molecule has 0 saturated carbocycles. The maximum absolute atomic E-state index is 12.7. The number of rotatable bonds is 4. The van der Waals surface area contributed by atoms with Crippen LogP contribution in [0.5, 0.6) is 0 Å². The molecule has 27 heavy (non-hydrogen) atoms. The monoisotopic (exact) mass is 382 g/mol. The second kappa shape index (κ2) is 7.08. The van der Waals surface area contributed by atoms with Crippen LogP contribution < -0.4 is 5.32 Å². The Morgan fingerprint density at radius 3 is 2.81 bits per heavy atom. The number of fused-ring (bicyclic) bond motifs is 2. The lowest BCUT2D eigenvalue weighted by Crippen LogP contribution is -2.40. The van der Waals surface area contributed by atoms with Gasteiger partial charge in [0.2, 0.25) is 0 Å². The van der Waals surface area contributed by atoms with E-state index in [-0.39, 0.29) is 24.3 Å². The molecule has 0 radical (unpaired) electrons. The predicted molar refractivity (Wildman–Crippen MR) is 104 cm³/mol. The number of hydrogen-bond donors (Lipinski definition) is 3. The van der Waals surface area contributed by atoms with Gasteiger partial charge in [0, 0.05) is 22.0 Å². The summed E-state index contributed by atoms with van der Waals surface area (Å²) in [5.74, 6) is -1.12. The Bertz CT molecular complexity index is 1030. The van der Waals surface area contributed by atoms with E-state index in [4.69, 9.17) is 11.6 Å². The van der Waals surface area contributed by atoms with Gasteiger partial charge in [-0.3, -0.25) is 9.59 Å². The third-order valence-electron chi connectivity index (χ3n) is 5.11. The van der Waals surface area contributed by atoms with Gasteiger partial charge < -0.3 is 15.4 Å². The molecule has 5 nitrogen and oxygen atoms in total. The van der Waals surface area contributed by atoms with E-state index in [1.807, 2.05) is 36.4 Å². The highest BCUT2D eigenvalue weighted by Gasteiger charge is 2.29. The van der Waals surface area contributed by atoms with Crippen LogP contribution in [0.3, 0.4) is 0 Å². The van der Waals surface area contributed by atoms with Crippen LogP contribution in [0.25, 0.3) is 10.9 Å². The van der Waals surface area contributed by atoms with Crippen molar-refractivity contribution in [3.8, 4) is 0 Å². The zero-order valence-electron chi connectivity index (χ0n) is 14.5. The average Bonchev–Trinajstić information content (AvgIpc) is 3.04. The minimum absolute atomic E-state index is 0.0638. The van der Waals surface area contributed by atoms with Gasteiger partial charge in [-0.2, -0.15) is 0 Å². The average molecular weight is 383 g/mol. The Morgan fingerprint density at radius 2 is 2.00 bits per heavy atom. The first-order valence-electron chi connectivity index (χ1n) is 8.88. The smallest absolute Gasteiger partial charge is 0.303 e. The minimum atomic E-state index is -0.825. The Kier molecular flexibility index (Phi) is 4.62. The first-order valence-corrected chi connectivity index (χ1v) is 9.26. The minimum Gasteiger partial charge on any atom is -0.481 e. The number of amides is 1. The number of hydrogen-bond acceptors (Lipinski definition) is 2. The zero-order valence-corrected chi connectivity index (χ0v) is 15.3. The van der Waals surface area contributed by atoms with Crippen molar-refractivity contribution in [1.82, 2.24) is 10.3 Å². The van der Waals surface area contributed by atoms with Gasteiger partial charge in [0.1, 0.15) is 5.69 Å². The van der Waals surface area contributed by atoms with Crippen molar-refractivity contribution < 1.29 is 14.7 Å². The van der Waals surface area contributed by atoms with E-state index in [1.165, 1.54) is 0 Å². The molecular weight excluding hydrogens is 364 g/mol. The van der Waals surface area contributed by atoms with Crippen molar-refractivity contribution >= 4 is 34.4 Å². The summed E-state index contributed by atoms with van der Waals surface area (Å²) >= 11 is 6.01. The van der Waals surface area contributed by atoms with Crippen molar-refractivity contribution in [1.29, 1.82) is 0 Å². The van der Waals surface area contributed by atoms with Gasteiger partial charge in [-0.15, -0.1) is 0 Å². The lowest BCUT2D eigenvalue weighted by Gasteiger charge is -2.31. The molecule has 2 aromatic carbocycles. The van der Waals surface area contributed by atoms with Crippen molar-refractivity contribution in [3.05, 3.63) is 70.4 Å². The van der Waals surface area contributed by atoms with Gasteiger partial charge in [0.25, 0.3) is 5.91 Å². The topological polar surface area (TPSA) is 82.2 Å². The largest absolute Gasteiger partial charge is 0.481 e. The summed E-state index contributed by atoms with van der Waals surface area (Å²) in [7, 11) is 0. The van der Waals surface area contributed by atoms with E-state index in [2.05, 4.69) is 10.3 Å². The number of aromatic nitrogens is 1. The van der Waals surface area contributed by atoms with Crippen molar-refractivity contribution in [2.24, 2.45) is 0 Å². The fraction of sp³-hybridized carbons (Fsp3) is 0.238. The van der Waals surface area contributed by atoms with Crippen molar-refractivity contribution in [3.63, 3.8) is 0 Å². The second-order valence-electron chi connectivity index (χ2n) is 7.02. The van der Waals surface area contributed by atoms with Crippen LogP contribution in [0.1, 0.15) is 40.4 Å². The summed E-state index contributed by atoms with van der Waals surface area (Å²) in [5.41, 5.74) is 3.50. The number of halogens is 1. The summed E-state index contributed by atoms with van der Waals surface area (Å²) in [4.78, 5) is 27.1. The van der Waals surface area contributed by atoms with Gasteiger partial charge in [-0.25, -0.2) is 0 Å². The molecule has 0 aliphatic heterocycles. The van der Waals surface area contributed by atoms with Gasteiger partial charge in [-0.05, 0) is 54.2 Å². The summed E-state index contributed by atoms with van der Waals surface area (Å²) in [5, 5.41) is 13.8. The van der Waals surface area contributed by atoms with Gasteiger partial charge in [0.15, 0.2) is 0 Å². The van der Waals surface area contributed by atoms with Crippen LogP contribution in [0.15, 0.2) is 48.5 Å². The van der Waals surface area contributed by atoms with Crippen LogP contribution in [0, 0.1) is 0 Å². The molecule has 1 heterocycles. The van der Waals surface area contributed by atoms with E-state index in [1.54, 1.807) is 12.1 Å². The third-order valence-corrected chi connectivity index (χ3v) is 5.35. The standard InChI is InChI=1S/C21H19ClN2O3/c22-15-5-6-18-14(7-15)10-19(24-18)21(27)23-16-8-12-3-1-2-4-17(12)13(9-16)11-20(25)26/h1-7,10,13,16,24H,8-9,11H2,(H,23,27)(H,25,26)/t13-,16?/m0/s1. The fourth-order valence-electron chi connectivity index (χ4n) is 3.94. The van der Waals surface area contributed by atoms with Crippen LogP contribution in [0.4, 0.5) is 0 Å². The molecule has 138 valence electrons. The maximum Gasteiger partial charge on any atom is 0.303 e. The van der Waals surface area contributed by atoms with E-state index in [9.17, 15) is 14.7 Å². The molecule has 3 N–H and O–H groups in total. The number of H-pyrrole nitrogens is 1. The summed E-state index contributed by atoms with van der Waals surface area (Å²) in [6.45, 7) is 0. The SMILES string of the molecule is O=C(O)C[C@@H]1CC(NC(=O)c2cc3cc(Cl)ccc3[nH]2)Cc2ccccc21. The number of nitrogens with one attached hydrogen (secondary N) is 2. The molecule has 0 fully saturated rings. The zero-order chi connectivity index (χ0) is 19.0. The molecular formula is C21H19ClN2O3. The number of carbonyl (C=O) groups excluding carboxylic acids is 1. The van der Waals surface area contributed by atoms with Gasteiger partial charge in [0.05, 0.1) is 6.42 Å². The number of carboxylic acids is 1. The molecule has 4 rings (SSSR count). The number of benzene rings is 2. The van der Waals surface area contributed by atoms with Gasteiger partial charge in [-0.1, -0.05) is 35.9 Å². The predicted octanol–water partition coefficient (Wildman–Crippen LogP) is 4.12. The molecule has 0 saturated heterocycles. The van der Waals surface area contributed by atoms with Crippen LogP contribution in [0.2, 0.25) is 5.02 Å². The lowest BCUT2D eigenvalue weighted by atomic mass is 9.78. The Labute approximate surface area is 161 Å². The number of carbonyl (C=O) groups is 2. The normalized spacial score (nSPS) is 18.9. The van der Waals surface area contributed by atoms with E-state index < -0.39 is 5.97 Å². The lowest BCUT2D eigenvalue weighted by molar-refractivity contribution is -0.137. The highest BCUT2D eigenvalue weighted by molar-refractivity contribution is 6.31. The van der Waals surface area contributed by atoms with Crippen LogP contribution in [-0.2, 0) is 11.2 Å². The molecule has 1 aliphatic carbocycles. The molecule has 1 unspecified atom stereocenters. The second-order valence-corrected chi connectivity index (χ2v) is 7.45. The summed E-state index contributed by atoms with van der Waals surface area (Å²) in [6.07, 6.45) is 1.37. The number of aromatic amines is 1. The Hall–Kier alpha value is -2.79.